The van der Waals surface area contributed by atoms with Gasteiger partial charge in [0.1, 0.15) is 12.4 Å². The molecule has 0 fully saturated rings. The molecule has 3 aromatic carbocycles. The smallest absolute Gasteiger partial charge is 0.276 e. The van der Waals surface area contributed by atoms with Crippen LogP contribution in [-0.2, 0) is 6.61 Å². The van der Waals surface area contributed by atoms with E-state index in [4.69, 9.17) is 16.3 Å². The maximum absolute atomic E-state index is 13.2. The zero-order valence-corrected chi connectivity index (χ0v) is 18.7. The minimum Gasteiger partial charge on any atom is -0.488 e. The highest BCUT2D eigenvalue weighted by Crippen LogP contribution is 2.22. The van der Waals surface area contributed by atoms with Crippen molar-refractivity contribution in [3.63, 3.8) is 0 Å². The maximum atomic E-state index is 13.2. The van der Waals surface area contributed by atoms with Crippen molar-refractivity contribution in [3.8, 4) is 17.1 Å². The lowest BCUT2D eigenvalue weighted by Crippen LogP contribution is -2.23. The molecule has 32 heavy (non-hydrogen) atoms. The highest BCUT2D eigenvalue weighted by atomic mass is 35.5. The van der Waals surface area contributed by atoms with E-state index in [0.29, 0.717) is 26.9 Å². The highest BCUT2D eigenvalue weighted by Gasteiger charge is 2.14. The fourth-order valence-corrected chi connectivity index (χ4v) is 4.40. The van der Waals surface area contributed by atoms with E-state index < -0.39 is 0 Å². The van der Waals surface area contributed by atoms with Crippen LogP contribution in [0.3, 0.4) is 0 Å². The Labute approximate surface area is 193 Å². The molecule has 0 aliphatic carbocycles. The Hall–Kier alpha value is -3.48. The van der Waals surface area contributed by atoms with E-state index in [-0.39, 0.29) is 5.56 Å². The summed E-state index contributed by atoms with van der Waals surface area (Å²) in [6.07, 6.45) is 1.85. The summed E-state index contributed by atoms with van der Waals surface area (Å²) in [6, 6.07) is 23.1. The lowest BCUT2D eigenvalue weighted by molar-refractivity contribution is 0.305. The van der Waals surface area contributed by atoms with Crippen molar-refractivity contribution in [2.24, 2.45) is 0 Å². The predicted octanol–water partition coefficient (Wildman–Crippen LogP) is 4.91. The molecule has 0 radical (unpaired) electrons. The molecule has 0 atom stereocenters. The summed E-state index contributed by atoms with van der Waals surface area (Å²) in [7, 11) is 0. The van der Waals surface area contributed by atoms with Crippen molar-refractivity contribution in [1.82, 2.24) is 14.6 Å². The summed E-state index contributed by atoms with van der Waals surface area (Å²) in [5.41, 5.74) is 3.75. The Morgan fingerprint density at radius 2 is 1.75 bits per heavy atom. The first-order chi connectivity index (χ1) is 15.6. The second-order valence-electron chi connectivity index (χ2n) is 7.38. The van der Waals surface area contributed by atoms with Gasteiger partial charge < -0.3 is 4.74 Å². The molecule has 158 valence electrons. The molecule has 0 N–H and O–H groups in total. The Morgan fingerprint density at radius 3 is 2.53 bits per heavy atom. The molecule has 2 heterocycles. The van der Waals surface area contributed by atoms with Gasteiger partial charge in [-0.3, -0.25) is 4.79 Å². The molecular weight excluding hydrogens is 442 g/mol. The summed E-state index contributed by atoms with van der Waals surface area (Å²) in [4.78, 5) is 13.7. The number of thiazole rings is 1. The van der Waals surface area contributed by atoms with Crippen LogP contribution in [0.5, 0.6) is 5.75 Å². The molecular formula is C25H18ClN3O2S. The molecule has 0 bridgehead atoms. The van der Waals surface area contributed by atoms with Crippen LogP contribution < -0.4 is 14.8 Å². The first-order valence-electron chi connectivity index (χ1n) is 10.0. The summed E-state index contributed by atoms with van der Waals surface area (Å²) in [5.74, 6) is 1.22. The number of halogens is 1. The number of aromatic nitrogens is 3. The van der Waals surface area contributed by atoms with Crippen LogP contribution in [0.4, 0.5) is 0 Å². The third-order valence-electron chi connectivity index (χ3n) is 5.07. The lowest BCUT2D eigenvalue weighted by atomic mass is 10.1. The van der Waals surface area contributed by atoms with Crippen LogP contribution >= 0.6 is 22.9 Å². The molecule has 0 aliphatic rings. The zero-order valence-electron chi connectivity index (χ0n) is 17.2. The Kier molecular flexibility index (Phi) is 5.47. The normalized spacial score (nSPS) is 11.9. The lowest BCUT2D eigenvalue weighted by Gasteiger charge is -2.09. The number of benzene rings is 3. The monoisotopic (exact) mass is 459 g/mol. The van der Waals surface area contributed by atoms with Crippen molar-refractivity contribution in [1.29, 1.82) is 0 Å². The Morgan fingerprint density at radius 1 is 1.00 bits per heavy atom. The van der Waals surface area contributed by atoms with E-state index in [1.54, 1.807) is 12.1 Å². The molecule has 0 aliphatic heterocycles. The average molecular weight is 460 g/mol. The van der Waals surface area contributed by atoms with Gasteiger partial charge in [0.15, 0.2) is 5.82 Å². The molecule has 0 spiro atoms. The van der Waals surface area contributed by atoms with E-state index in [1.165, 1.54) is 21.3 Å². The van der Waals surface area contributed by atoms with Gasteiger partial charge in [0.25, 0.3) is 5.56 Å². The fraction of sp³-hybridized carbons (Fsp3) is 0.0800. The minimum atomic E-state index is -0.159. The van der Waals surface area contributed by atoms with Crippen molar-refractivity contribution in [2.45, 2.75) is 13.5 Å². The number of aryl methyl sites for hydroxylation is 1. The molecule has 0 saturated carbocycles. The topological polar surface area (TPSA) is 56.5 Å². The number of hydrogen-bond donors (Lipinski definition) is 0. The number of fused-ring (bicyclic) bond motifs is 1. The van der Waals surface area contributed by atoms with E-state index in [0.717, 1.165) is 22.4 Å². The zero-order chi connectivity index (χ0) is 22.1. The molecule has 2 aromatic heterocycles. The quantitative estimate of drug-likeness (QED) is 0.375. The predicted molar refractivity (Wildman–Crippen MR) is 128 cm³/mol. The maximum Gasteiger partial charge on any atom is 0.276 e. The van der Waals surface area contributed by atoms with Gasteiger partial charge in [-0.2, -0.15) is 0 Å². The van der Waals surface area contributed by atoms with Gasteiger partial charge in [-0.1, -0.05) is 71.0 Å². The van der Waals surface area contributed by atoms with Gasteiger partial charge >= 0.3 is 0 Å². The third-order valence-corrected chi connectivity index (χ3v) is 6.28. The Bertz CT molecular complexity index is 1510. The standard InChI is InChI=1S/C25H18ClN3O2S/c1-16-6-8-17(9-7-16)15-31-21-5-3-2-4-19(21)14-22-24(30)29-23(27-28-25(29)32-22)18-10-12-20(26)13-11-18/h2-14H,15H2,1H3/b22-14+. The fourth-order valence-electron chi connectivity index (χ4n) is 3.37. The largest absolute Gasteiger partial charge is 0.488 e. The molecule has 5 aromatic rings. The van der Waals surface area contributed by atoms with Crippen molar-refractivity contribution in [3.05, 3.63) is 109 Å². The van der Waals surface area contributed by atoms with E-state index >= 15 is 0 Å². The third kappa shape index (κ3) is 4.02. The minimum absolute atomic E-state index is 0.159. The van der Waals surface area contributed by atoms with Crippen LogP contribution in [0.2, 0.25) is 5.02 Å². The van der Waals surface area contributed by atoms with Crippen molar-refractivity contribution in [2.75, 3.05) is 0 Å². The second kappa shape index (κ2) is 8.57. The van der Waals surface area contributed by atoms with E-state index in [2.05, 4.69) is 41.4 Å². The first-order valence-corrected chi connectivity index (χ1v) is 11.2. The first kappa shape index (κ1) is 20.4. The number of rotatable bonds is 5. The molecule has 0 amide bonds. The van der Waals surface area contributed by atoms with Crippen LogP contribution in [0.25, 0.3) is 22.4 Å². The van der Waals surface area contributed by atoms with Gasteiger partial charge in [-0.05, 0) is 48.9 Å². The van der Waals surface area contributed by atoms with Crippen LogP contribution in [0.1, 0.15) is 16.7 Å². The summed E-state index contributed by atoms with van der Waals surface area (Å²) < 4.78 is 8.16. The van der Waals surface area contributed by atoms with Gasteiger partial charge in [0.2, 0.25) is 4.96 Å². The van der Waals surface area contributed by atoms with Crippen LogP contribution in [-0.4, -0.2) is 14.6 Å². The van der Waals surface area contributed by atoms with Crippen LogP contribution in [0.15, 0.2) is 77.6 Å². The van der Waals surface area contributed by atoms with E-state index in [9.17, 15) is 4.79 Å². The van der Waals surface area contributed by atoms with Crippen LogP contribution in [0, 0.1) is 6.92 Å². The number of ether oxygens (including phenoxy) is 1. The number of nitrogens with zero attached hydrogens (tertiary/aromatic N) is 3. The highest BCUT2D eigenvalue weighted by molar-refractivity contribution is 7.15. The number of para-hydroxylation sites is 1. The molecule has 0 saturated heterocycles. The summed E-state index contributed by atoms with van der Waals surface area (Å²) in [6.45, 7) is 2.51. The van der Waals surface area contributed by atoms with Gasteiger partial charge in [-0.25, -0.2) is 4.40 Å². The number of hydrogen-bond acceptors (Lipinski definition) is 5. The van der Waals surface area contributed by atoms with Gasteiger partial charge in [0, 0.05) is 16.1 Å². The van der Waals surface area contributed by atoms with E-state index in [1.807, 2.05) is 42.5 Å². The van der Waals surface area contributed by atoms with Gasteiger partial charge in [0.05, 0.1) is 4.53 Å². The van der Waals surface area contributed by atoms with Crippen molar-refractivity contribution < 1.29 is 4.74 Å². The summed E-state index contributed by atoms with van der Waals surface area (Å²) >= 11 is 7.29. The van der Waals surface area contributed by atoms with Crippen molar-refractivity contribution >= 4 is 34.0 Å². The molecule has 0 unspecified atom stereocenters. The summed E-state index contributed by atoms with van der Waals surface area (Å²) in [5, 5.41) is 9.01. The van der Waals surface area contributed by atoms with Gasteiger partial charge in [-0.15, -0.1) is 10.2 Å². The molecule has 7 heteroatoms. The SMILES string of the molecule is Cc1ccc(COc2ccccc2/C=c2/sc3nnc(-c4ccc(Cl)cc4)n3c2=O)cc1. The Balaban J connectivity index is 1.51. The molecule has 5 rings (SSSR count). The molecule has 5 nitrogen and oxygen atoms in total. The second-order valence-corrected chi connectivity index (χ2v) is 8.82. The average Bonchev–Trinajstić information content (AvgIpc) is 3.35.